The lowest BCUT2D eigenvalue weighted by Gasteiger charge is -2.18. The summed E-state index contributed by atoms with van der Waals surface area (Å²) < 4.78 is 7.76. The number of hydrogen-bond acceptors (Lipinski definition) is 4. The van der Waals surface area contributed by atoms with Crippen molar-refractivity contribution in [1.82, 2.24) is 19.4 Å². The van der Waals surface area contributed by atoms with Crippen molar-refractivity contribution in [1.29, 1.82) is 0 Å². The summed E-state index contributed by atoms with van der Waals surface area (Å²) in [6, 6.07) is 12.3. The number of aromatic nitrogens is 3. The molecule has 130 valence electrons. The highest BCUT2D eigenvalue weighted by Crippen LogP contribution is 2.31. The van der Waals surface area contributed by atoms with Gasteiger partial charge in [-0.25, -0.2) is 9.97 Å². The van der Waals surface area contributed by atoms with Crippen molar-refractivity contribution >= 4 is 11.2 Å². The maximum Gasteiger partial charge on any atom is 0.159 e. The monoisotopic (exact) mass is 336 g/mol. The van der Waals surface area contributed by atoms with Crippen molar-refractivity contribution in [3.05, 3.63) is 54.0 Å². The van der Waals surface area contributed by atoms with E-state index in [4.69, 9.17) is 9.72 Å². The normalized spacial score (nSPS) is 18.1. The number of pyridine rings is 1. The van der Waals surface area contributed by atoms with Crippen LogP contribution in [0, 0.1) is 0 Å². The first-order chi connectivity index (χ1) is 12.3. The van der Waals surface area contributed by atoms with Gasteiger partial charge in [0, 0.05) is 37.3 Å². The maximum atomic E-state index is 5.49. The molecule has 2 aromatic heterocycles. The van der Waals surface area contributed by atoms with Gasteiger partial charge in [-0.05, 0) is 38.1 Å². The van der Waals surface area contributed by atoms with Crippen molar-refractivity contribution in [2.75, 3.05) is 20.2 Å². The molecule has 0 radical (unpaired) electrons. The molecule has 0 saturated carbocycles. The minimum Gasteiger partial charge on any atom is -0.496 e. The number of ether oxygens (including phenoxy) is 1. The molecule has 25 heavy (non-hydrogen) atoms. The van der Waals surface area contributed by atoms with Gasteiger partial charge in [-0.1, -0.05) is 18.2 Å². The van der Waals surface area contributed by atoms with E-state index in [2.05, 4.69) is 39.6 Å². The molecular weight excluding hydrogens is 312 g/mol. The highest BCUT2D eigenvalue weighted by Gasteiger charge is 2.28. The van der Waals surface area contributed by atoms with Gasteiger partial charge in [-0.2, -0.15) is 0 Å². The summed E-state index contributed by atoms with van der Waals surface area (Å²) in [5.74, 6) is 2.61. The number of benzene rings is 1. The molecule has 1 saturated heterocycles. The zero-order chi connectivity index (χ0) is 17.2. The van der Waals surface area contributed by atoms with Crippen LogP contribution in [0.4, 0.5) is 0 Å². The van der Waals surface area contributed by atoms with E-state index < -0.39 is 0 Å². The summed E-state index contributed by atoms with van der Waals surface area (Å²) in [6.45, 7) is 6.11. The standard InChI is InChI=1S/C20H24N4O/c1-3-24-19(22-17-8-6-11-21-20(17)24)16-10-12-23(14-16)13-15-7-4-5-9-18(15)25-2/h4-9,11,16H,3,10,12-14H2,1-2H3/t16-/m1/s1. The Hall–Kier alpha value is -2.40. The Balaban J connectivity index is 1.55. The number of imidazole rings is 1. The summed E-state index contributed by atoms with van der Waals surface area (Å²) in [4.78, 5) is 11.9. The minimum absolute atomic E-state index is 0.462. The Bertz CT molecular complexity index is 873. The van der Waals surface area contributed by atoms with Gasteiger partial charge < -0.3 is 9.30 Å². The third-order valence-corrected chi connectivity index (χ3v) is 5.07. The van der Waals surface area contributed by atoms with Gasteiger partial charge in [0.25, 0.3) is 0 Å². The highest BCUT2D eigenvalue weighted by molar-refractivity contribution is 5.71. The summed E-state index contributed by atoms with van der Waals surface area (Å²) >= 11 is 0. The number of aryl methyl sites for hydroxylation is 1. The molecule has 3 heterocycles. The third-order valence-electron chi connectivity index (χ3n) is 5.07. The Kier molecular flexibility index (Phi) is 4.40. The first-order valence-electron chi connectivity index (χ1n) is 8.95. The number of rotatable bonds is 5. The first kappa shape index (κ1) is 16.1. The van der Waals surface area contributed by atoms with Crippen LogP contribution in [0.3, 0.4) is 0 Å². The number of fused-ring (bicyclic) bond motifs is 1. The van der Waals surface area contributed by atoms with E-state index in [9.17, 15) is 0 Å². The molecule has 5 nitrogen and oxygen atoms in total. The highest BCUT2D eigenvalue weighted by atomic mass is 16.5. The zero-order valence-corrected chi connectivity index (χ0v) is 14.9. The van der Waals surface area contributed by atoms with Crippen LogP contribution in [0.1, 0.15) is 30.7 Å². The van der Waals surface area contributed by atoms with Crippen LogP contribution in [-0.4, -0.2) is 39.6 Å². The van der Waals surface area contributed by atoms with E-state index in [-0.39, 0.29) is 0 Å². The predicted molar refractivity (Wildman–Crippen MR) is 98.8 cm³/mol. The number of methoxy groups -OCH3 is 1. The van der Waals surface area contributed by atoms with Crippen LogP contribution in [0.25, 0.3) is 11.2 Å². The lowest BCUT2D eigenvalue weighted by Crippen LogP contribution is -2.21. The molecule has 0 N–H and O–H groups in total. The number of para-hydroxylation sites is 1. The molecule has 1 fully saturated rings. The average molecular weight is 336 g/mol. The SMILES string of the molecule is CCn1c([C@@H]2CCN(Cc3ccccc3OC)C2)nc2cccnc21. The average Bonchev–Trinajstić information content (AvgIpc) is 3.26. The van der Waals surface area contributed by atoms with Crippen LogP contribution in [0.5, 0.6) is 5.75 Å². The van der Waals surface area contributed by atoms with Crippen molar-refractivity contribution in [2.24, 2.45) is 0 Å². The Morgan fingerprint density at radius 2 is 2.08 bits per heavy atom. The summed E-state index contributed by atoms with van der Waals surface area (Å²) in [6.07, 6.45) is 2.99. The second-order valence-corrected chi connectivity index (χ2v) is 6.59. The van der Waals surface area contributed by atoms with E-state index in [0.717, 1.165) is 49.5 Å². The van der Waals surface area contributed by atoms with Gasteiger partial charge in [-0.15, -0.1) is 0 Å². The van der Waals surface area contributed by atoms with Crippen LogP contribution in [0.15, 0.2) is 42.6 Å². The molecular formula is C20H24N4O. The topological polar surface area (TPSA) is 43.2 Å². The van der Waals surface area contributed by atoms with Crippen molar-refractivity contribution < 1.29 is 4.74 Å². The van der Waals surface area contributed by atoms with Gasteiger partial charge in [0.15, 0.2) is 5.65 Å². The van der Waals surface area contributed by atoms with Crippen LogP contribution in [-0.2, 0) is 13.1 Å². The van der Waals surface area contributed by atoms with E-state index in [1.54, 1.807) is 7.11 Å². The molecule has 1 aliphatic heterocycles. The molecule has 5 heteroatoms. The summed E-state index contributed by atoms with van der Waals surface area (Å²) in [5, 5.41) is 0. The molecule has 0 unspecified atom stereocenters. The van der Waals surface area contributed by atoms with E-state index in [1.165, 1.54) is 11.4 Å². The van der Waals surface area contributed by atoms with Gasteiger partial charge >= 0.3 is 0 Å². The minimum atomic E-state index is 0.462. The van der Waals surface area contributed by atoms with E-state index in [1.807, 2.05) is 24.4 Å². The lowest BCUT2D eigenvalue weighted by atomic mass is 10.1. The smallest absolute Gasteiger partial charge is 0.159 e. The maximum absolute atomic E-state index is 5.49. The fourth-order valence-electron chi connectivity index (χ4n) is 3.86. The molecule has 0 spiro atoms. The molecule has 3 aromatic rings. The summed E-state index contributed by atoms with van der Waals surface area (Å²) in [7, 11) is 1.74. The molecule has 0 amide bonds. The van der Waals surface area contributed by atoms with E-state index in [0.29, 0.717) is 5.92 Å². The quantitative estimate of drug-likeness (QED) is 0.716. The lowest BCUT2D eigenvalue weighted by molar-refractivity contribution is 0.315. The molecule has 0 bridgehead atoms. The molecule has 1 atom stereocenters. The van der Waals surface area contributed by atoms with Gasteiger partial charge in [0.2, 0.25) is 0 Å². The Labute approximate surface area is 148 Å². The fraction of sp³-hybridized carbons (Fsp3) is 0.400. The predicted octanol–water partition coefficient (Wildman–Crippen LogP) is 3.45. The number of hydrogen-bond donors (Lipinski definition) is 0. The van der Waals surface area contributed by atoms with Crippen LogP contribution in [0.2, 0.25) is 0 Å². The largest absolute Gasteiger partial charge is 0.496 e. The number of likely N-dealkylation sites (tertiary alicyclic amines) is 1. The van der Waals surface area contributed by atoms with Gasteiger partial charge in [-0.3, -0.25) is 4.90 Å². The van der Waals surface area contributed by atoms with Crippen LogP contribution < -0.4 is 4.74 Å². The molecule has 1 aliphatic rings. The zero-order valence-electron chi connectivity index (χ0n) is 14.9. The Morgan fingerprint density at radius 3 is 2.92 bits per heavy atom. The van der Waals surface area contributed by atoms with E-state index >= 15 is 0 Å². The molecule has 4 rings (SSSR count). The summed E-state index contributed by atoms with van der Waals surface area (Å²) in [5.41, 5.74) is 3.25. The number of nitrogens with zero attached hydrogens (tertiary/aromatic N) is 4. The third kappa shape index (κ3) is 3.00. The van der Waals surface area contributed by atoms with Crippen molar-refractivity contribution in [3.8, 4) is 5.75 Å². The van der Waals surface area contributed by atoms with Gasteiger partial charge in [0.1, 0.15) is 17.1 Å². The molecule has 0 aliphatic carbocycles. The van der Waals surface area contributed by atoms with Crippen molar-refractivity contribution in [2.45, 2.75) is 32.4 Å². The fourth-order valence-corrected chi connectivity index (χ4v) is 3.86. The second kappa shape index (κ2) is 6.84. The second-order valence-electron chi connectivity index (χ2n) is 6.59. The first-order valence-corrected chi connectivity index (χ1v) is 8.95. The Morgan fingerprint density at radius 1 is 1.20 bits per heavy atom. The van der Waals surface area contributed by atoms with Gasteiger partial charge in [0.05, 0.1) is 7.11 Å². The van der Waals surface area contributed by atoms with Crippen LogP contribution >= 0.6 is 0 Å². The molecule has 1 aromatic carbocycles. The van der Waals surface area contributed by atoms with Crippen molar-refractivity contribution in [3.63, 3.8) is 0 Å².